The minimum absolute atomic E-state index is 0.387. The second-order valence-corrected chi connectivity index (χ2v) is 7.86. The first kappa shape index (κ1) is 19.2. The van der Waals surface area contributed by atoms with Crippen molar-refractivity contribution in [1.82, 2.24) is 14.9 Å². The molecule has 2 heterocycles. The van der Waals surface area contributed by atoms with Gasteiger partial charge in [-0.25, -0.2) is 9.47 Å². The van der Waals surface area contributed by atoms with Crippen LogP contribution < -0.4 is 16.2 Å². The summed E-state index contributed by atoms with van der Waals surface area (Å²) < 4.78 is 12.3. The van der Waals surface area contributed by atoms with Crippen LogP contribution in [0.2, 0.25) is 0 Å². The standard InChI is InChI=1S/C23H18N4O3S/c1-29-18-9-5-4-8-17(18)22-25-26-23(27(22)24)31-13-15-12-20(28)30-19-11-10-14-6-2-3-7-16(14)21(15)19/h2-12H,13,24H2,1H3. The summed E-state index contributed by atoms with van der Waals surface area (Å²) in [6.07, 6.45) is 0. The van der Waals surface area contributed by atoms with E-state index in [9.17, 15) is 4.79 Å². The summed E-state index contributed by atoms with van der Waals surface area (Å²) in [5.41, 5.74) is 1.78. The van der Waals surface area contributed by atoms with Gasteiger partial charge in [-0.2, -0.15) is 0 Å². The zero-order valence-electron chi connectivity index (χ0n) is 16.6. The van der Waals surface area contributed by atoms with Gasteiger partial charge in [0, 0.05) is 17.2 Å². The lowest BCUT2D eigenvalue weighted by Gasteiger charge is -2.09. The molecule has 5 aromatic rings. The van der Waals surface area contributed by atoms with Gasteiger partial charge in [0.15, 0.2) is 5.82 Å². The molecule has 0 atom stereocenters. The van der Waals surface area contributed by atoms with Gasteiger partial charge in [0.2, 0.25) is 5.16 Å². The molecule has 0 saturated carbocycles. The molecule has 0 aliphatic rings. The average Bonchev–Trinajstić information content (AvgIpc) is 3.17. The number of ether oxygens (including phenoxy) is 1. The van der Waals surface area contributed by atoms with E-state index < -0.39 is 0 Å². The molecular weight excluding hydrogens is 412 g/mol. The van der Waals surface area contributed by atoms with Crippen molar-refractivity contribution >= 4 is 33.5 Å². The maximum absolute atomic E-state index is 12.1. The van der Waals surface area contributed by atoms with E-state index >= 15 is 0 Å². The van der Waals surface area contributed by atoms with E-state index in [2.05, 4.69) is 10.2 Å². The van der Waals surface area contributed by atoms with Crippen LogP contribution in [0.1, 0.15) is 5.56 Å². The minimum atomic E-state index is -0.387. The lowest BCUT2D eigenvalue weighted by molar-refractivity contribution is 0.416. The first-order chi connectivity index (χ1) is 15.2. The van der Waals surface area contributed by atoms with E-state index in [1.165, 1.54) is 22.5 Å². The number of nitrogens with zero attached hydrogens (tertiary/aromatic N) is 3. The van der Waals surface area contributed by atoms with Crippen LogP contribution in [0.15, 0.2) is 81.1 Å². The van der Waals surface area contributed by atoms with Crippen LogP contribution >= 0.6 is 11.8 Å². The van der Waals surface area contributed by atoms with Gasteiger partial charge in [0.05, 0.1) is 12.7 Å². The molecule has 0 amide bonds. The monoisotopic (exact) mass is 430 g/mol. The van der Waals surface area contributed by atoms with Crippen molar-refractivity contribution in [3.63, 3.8) is 0 Å². The smallest absolute Gasteiger partial charge is 0.336 e. The van der Waals surface area contributed by atoms with Crippen LogP contribution in [0.25, 0.3) is 33.1 Å². The number of thioether (sulfide) groups is 1. The fourth-order valence-corrected chi connectivity index (χ4v) is 4.50. The van der Waals surface area contributed by atoms with Crippen molar-refractivity contribution in [1.29, 1.82) is 0 Å². The van der Waals surface area contributed by atoms with Crippen LogP contribution in [0.5, 0.6) is 5.75 Å². The predicted octanol–water partition coefficient (Wildman–Crippen LogP) is 4.22. The van der Waals surface area contributed by atoms with Crippen LogP contribution in [0, 0.1) is 0 Å². The average molecular weight is 430 g/mol. The highest BCUT2D eigenvalue weighted by atomic mass is 32.2. The van der Waals surface area contributed by atoms with Crippen LogP contribution in [-0.4, -0.2) is 22.0 Å². The number of benzene rings is 3. The lowest BCUT2D eigenvalue weighted by atomic mass is 10.0. The van der Waals surface area contributed by atoms with Gasteiger partial charge < -0.3 is 15.0 Å². The first-order valence-corrected chi connectivity index (χ1v) is 10.6. The molecule has 0 unspecified atom stereocenters. The Labute approximate surface area is 181 Å². The Kier molecular flexibility index (Phi) is 4.83. The number of hydrogen-bond donors (Lipinski definition) is 1. The van der Waals surface area contributed by atoms with E-state index in [-0.39, 0.29) is 5.63 Å². The van der Waals surface area contributed by atoms with Gasteiger partial charge in [-0.3, -0.25) is 0 Å². The molecule has 31 heavy (non-hydrogen) atoms. The molecule has 0 aliphatic carbocycles. The van der Waals surface area contributed by atoms with Crippen molar-refractivity contribution < 1.29 is 9.15 Å². The van der Waals surface area contributed by atoms with E-state index in [0.717, 1.165) is 27.3 Å². The van der Waals surface area contributed by atoms with Crippen molar-refractivity contribution in [2.24, 2.45) is 0 Å². The fraction of sp³-hybridized carbons (Fsp3) is 0.0870. The third kappa shape index (κ3) is 3.40. The Morgan fingerprint density at radius 3 is 2.74 bits per heavy atom. The third-order valence-electron chi connectivity index (χ3n) is 5.08. The van der Waals surface area contributed by atoms with Crippen LogP contribution in [0.4, 0.5) is 0 Å². The Bertz CT molecular complexity index is 1480. The Morgan fingerprint density at radius 2 is 1.87 bits per heavy atom. The summed E-state index contributed by atoms with van der Waals surface area (Å²) in [5, 5.41) is 12.0. The Balaban J connectivity index is 1.53. The van der Waals surface area contributed by atoms with Gasteiger partial charge in [0.1, 0.15) is 11.3 Å². The zero-order valence-corrected chi connectivity index (χ0v) is 17.4. The molecule has 2 aromatic heterocycles. The molecule has 0 spiro atoms. The number of nitrogen functional groups attached to an aromatic ring is 1. The molecule has 0 radical (unpaired) electrons. The highest BCUT2D eigenvalue weighted by molar-refractivity contribution is 7.98. The van der Waals surface area contributed by atoms with E-state index in [1.54, 1.807) is 7.11 Å². The maximum Gasteiger partial charge on any atom is 0.336 e. The van der Waals surface area contributed by atoms with Gasteiger partial charge >= 0.3 is 5.63 Å². The van der Waals surface area contributed by atoms with Crippen LogP contribution in [0.3, 0.4) is 0 Å². The molecule has 7 nitrogen and oxygen atoms in total. The first-order valence-electron chi connectivity index (χ1n) is 9.57. The summed E-state index contributed by atoms with van der Waals surface area (Å²) in [4.78, 5) is 12.1. The molecule has 0 fully saturated rings. The fourth-order valence-electron chi connectivity index (χ4n) is 3.66. The van der Waals surface area contributed by atoms with E-state index in [0.29, 0.717) is 28.1 Å². The summed E-state index contributed by atoms with van der Waals surface area (Å²) in [6.45, 7) is 0. The largest absolute Gasteiger partial charge is 0.496 e. The lowest BCUT2D eigenvalue weighted by Crippen LogP contribution is -2.12. The van der Waals surface area contributed by atoms with Gasteiger partial charge in [-0.05, 0) is 34.5 Å². The second kappa shape index (κ2) is 7.81. The minimum Gasteiger partial charge on any atom is -0.496 e. The number of methoxy groups -OCH3 is 1. The quantitative estimate of drug-likeness (QED) is 0.193. The molecule has 2 N–H and O–H groups in total. The summed E-state index contributed by atoms with van der Waals surface area (Å²) in [6, 6.07) is 20.8. The molecule has 8 heteroatoms. The normalized spacial score (nSPS) is 11.3. The Morgan fingerprint density at radius 1 is 1.06 bits per heavy atom. The zero-order chi connectivity index (χ0) is 21.4. The van der Waals surface area contributed by atoms with Crippen molar-refractivity contribution in [2.45, 2.75) is 10.9 Å². The molecule has 154 valence electrons. The van der Waals surface area contributed by atoms with Crippen LogP contribution in [-0.2, 0) is 5.75 Å². The molecule has 0 saturated heterocycles. The number of aromatic nitrogens is 3. The number of nitrogens with two attached hydrogens (primary N) is 1. The molecule has 0 bridgehead atoms. The number of rotatable bonds is 5. The Hall–Kier alpha value is -3.78. The van der Waals surface area contributed by atoms with Crippen molar-refractivity contribution in [3.8, 4) is 17.1 Å². The topological polar surface area (TPSA) is 96.2 Å². The number of hydrogen-bond acceptors (Lipinski definition) is 7. The highest BCUT2D eigenvalue weighted by Crippen LogP contribution is 2.33. The highest BCUT2D eigenvalue weighted by Gasteiger charge is 2.17. The number of fused-ring (bicyclic) bond motifs is 3. The summed E-state index contributed by atoms with van der Waals surface area (Å²) >= 11 is 1.40. The predicted molar refractivity (Wildman–Crippen MR) is 122 cm³/mol. The van der Waals surface area contributed by atoms with E-state index in [1.807, 2.05) is 60.7 Å². The van der Waals surface area contributed by atoms with Gasteiger partial charge in [0.25, 0.3) is 0 Å². The van der Waals surface area contributed by atoms with E-state index in [4.69, 9.17) is 15.0 Å². The molecular formula is C23H18N4O3S. The van der Waals surface area contributed by atoms with Gasteiger partial charge in [-0.1, -0.05) is 54.2 Å². The summed E-state index contributed by atoms with van der Waals surface area (Å²) in [5.74, 6) is 7.94. The van der Waals surface area contributed by atoms with Crippen molar-refractivity contribution in [2.75, 3.05) is 13.0 Å². The SMILES string of the molecule is COc1ccccc1-c1nnc(SCc2cc(=O)oc3ccc4ccccc4c23)n1N. The molecule has 5 rings (SSSR count). The molecule has 3 aromatic carbocycles. The van der Waals surface area contributed by atoms with Crippen molar-refractivity contribution in [3.05, 3.63) is 82.7 Å². The van der Waals surface area contributed by atoms with Gasteiger partial charge in [-0.15, -0.1) is 10.2 Å². The third-order valence-corrected chi connectivity index (χ3v) is 6.08. The number of para-hydroxylation sites is 1. The molecule has 0 aliphatic heterocycles. The summed E-state index contributed by atoms with van der Waals surface area (Å²) in [7, 11) is 1.60. The maximum atomic E-state index is 12.1. The second-order valence-electron chi connectivity index (χ2n) is 6.92.